The van der Waals surface area contributed by atoms with E-state index in [4.69, 9.17) is 19.6 Å². The Morgan fingerprint density at radius 2 is 1.97 bits per heavy atom. The van der Waals surface area contributed by atoms with E-state index in [2.05, 4.69) is 30.5 Å². The molecule has 3 aliphatic rings. The Bertz CT molecular complexity index is 1140. The summed E-state index contributed by atoms with van der Waals surface area (Å²) in [6.45, 7) is 11.8. The maximum atomic E-state index is 12.7. The van der Waals surface area contributed by atoms with E-state index in [0.717, 1.165) is 0 Å². The number of sulfonamides is 1. The summed E-state index contributed by atoms with van der Waals surface area (Å²) in [4.78, 5) is 26.9. The Balaban J connectivity index is 1.91. The molecule has 0 bridgehead atoms. The Morgan fingerprint density at radius 1 is 1.32 bits per heavy atom. The van der Waals surface area contributed by atoms with Crippen molar-refractivity contribution >= 4 is 18.3 Å². The predicted molar refractivity (Wildman–Crippen MR) is 115 cm³/mol. The highest BCUT2D eigenvalue weighted by Crippen LogP contribution is 2.54. The van der Waals surface area contributed by atoms with E-state index >= 15 is 0 Å². The maximum Gasteiger partial charge on any atom is 0.330 e. The van der Waals surface area contributed by atoms with Crippen LogP contribution in [0.25, 0.3) is 0 Å². The van der Waals surface area contributed by atoms with Gasteiger partial charge in [-0.2, -0.15) is 4.72 Å². The molecule has 11 nitrogen and oxygen atoms in total. The molecule has 0 aliphatic carbocycles. The molecule has 1 aromatic rings. The molecular formula is C18H30N4O7SSi. The van der Waals surface area contributed by atoms with Crippen molar-refractivity contribution in [1.29, 1.82) is 0 Å². The lowest BCUT2D eigenvalue weighted by Crippen LogP contribution is -2.70. The van der Waals surface area contributed by atoms with Crippen molar-refractivity contribution in [2.45, 2.75) is 75.5 Å². The molecule has 3 saturated heterocycles. The van der Waals surface area contributed by atoms with Gasteiger partial charge in [0, 0.05) is 11.8 Å². The van der Waals surface area contributed by atoms with E-state index in [9.17, 15) is 18.0 Å². The van der Waals surface area contributed by atoms with Crippen LogP contribution in [0.3, 0.4) is 0 Å². The van der Waals surface area contributed by atoms with Gasteiger partial charge in [0.1, 0.15) is 23.5 Å². The topological polar surface area (TPSA) is 155 Å². The van der Waals surface area contributed by atoms with Gasteiger partial charge < -0.3 is 19.6 Å². The molecular weight excluding hydrogens is 444 g/mol. The number of H-pyrrole nitrogens is 1. The summed E-state index contributed by atoms with van der Waals surface area (Å²) in [6, 6.07) is 0. The molecule has 0 saturated carbocycles. The van der Waals surface area contributed by atoms with Crippen molar-refractivity contribution in [3.05, 3.63) is 32.6 Å². The summed E-state index contributed by atoms with van der Waals surface area (Å²) < 4.78 is 47.8. The normalized spacial score (nSPS) is 37.1. The number of nitrogens with zero attached hydrogens (tertiary/aromatic N) is 1. The van der Waals surface area contributed by atoms with Crippen LogP contribution in [0.5, 0.6) is 0 Å². The molecule has 4 N–H and O–H groups in total. The van der Waals surface area contributed by atoms with Crippen LogP contribution in [0.2, 0.25) is 18.1 Å². The number of aromatic amines is 1. The molecule has 0 aromatic carbocycles. The molecule has 4 heterocycles. The lowest BCUT2D eigenvalue weighted by Gasteiger charge is -2.45. The van der Waals surface area contributed by atoms with Crippen molar-refractivity contribution in [3.63, 3.8) is 0 Å². The molecule has 1 unspecified atom stereocenters. The van der Waals surface area contributed by atoms with Crippen LogP contribution in [-0.2, 0) is 23.9 Å². The van der Waals surface area contributed by atoms with Crippen molar-refractivity contribution in [2.24, 2.45) is 5.73 Å². The number of aryl methyl sites for hydroxylation is 1. The lowest BCUT2D eigenvalue weighted by atomic mass is 9.82. The van der Waals surface area contributed by atoms with Crippen LogP contribution >= 0.6 is 0 Å². The van der Waals surface area contributed by atoms with Crippen molar-refractivity contribution in [2.75, 3.05) is 12.4 Å². The Morgan fingerprint density at radius 3 is 2.58 bits per heavy atom. The highest BCUT2D eigenvalue weighted by Gasteiger charge is 2.77. The first kappa shape index (κ1) is 22.8. The molecule has 13 heteroatoms. The second-order valence-corrected chi connectivity index (χ2v) is 16.7. The number of nitrogens with two attached hydrogens (primary N) is 1. The highest BCUT2D eigenvalue weighted by atomic mass is 32.2. The van der Waals surface area contributed by atoms with Crippen molar-refractivity contribution in [1.82, 2.24) is 14.3 Å². The quantitative estimate of drug-likeness (QED) is 0.495. The summed E-state index contributed by atoms with van der Waals surface area (Å²) in [7, 11) is -6.28. The summed E-state index contributed by atoms with van der Waals surface area (Å²) in [5.74, 6) is -0.441. The third-order valence-electron chi connectivity index (χ3n) is 7.09. The zero-order valence-corrected chi connectivity index (χ0v) is 20.3. The summed E-state index contributed by atoms with van der Waals surface area (Å²) in [5, 5.41) is -0.216. The molecule has 3 aliphatic heterocycles. The predicted octanol–water partition coefficient (Wildman–Crippen LogP) is -0.510. The Hall–Kier alpha value is -1.35. The number of hydrogen-bond acceptors (Lipinski definition) is 8. The first-order chi connectivity index (χ1) is 14.0. The Labute approximate surface area is 181 Å². The van der Waals surface area contributed by atoms with Gasteiger partial charge in [0.2, 0.25) is 10.0 Å². The average Bonchev–Trinajstić information content (AvgIpc) is 3.10. The molecule has 0 amide bonds. The van der Waals surface area contributed by atoms with E-state index in [1.54, 1.807) is 6.92 Å². The fourth-order valence-corrected chi connectivity index (χ4v) is 7.55. The summed E-state index contributed by atoms with van der Waals surface area (Å²) >= 11 is 0. The Kier molecular flexibility index (Phi) is 4.85. The monoisotopic (exact) mass is 474 g/mol. The number of hydrogen-bond donors (Lipinski definition) is 3. The van der Waals surface area contributed by atoms with Gasteiger partial charge in [-0.15, -0.1) is 0 Å². The van der Waals surface area contributed by atoms with Gasteiger partial charge in [-0.3, -0.25) is 14.3 Å². The molecule has 1 aromatic heterocycles. The van der Waals surface area contributed by atoms with Crippen molar-refractivity contribution < 1.29 is 22.3 Å². The largest absolute Gasteiger partial charge is 0.407 e. The van der Waals surface area contributed by atoms with Gasteiger partial charge in [-0.05, 0) is 25.1 Å². The first-order valence-corrected chi connectivity index (χ1v) is 14.7. The second-order valence-electron chi connectivity index (χ2n) is 10.2. The highest BCUT2D eigenvalue weighted by molar-refractivity contribution is 7.89. The lowest BCUT2D eigenvalue weighted by molar-refractivity contribution is -0.0888. The van der Waals surface area contributed by atoms with Gasteiger partial charge in [0.25, 0.3) is 5.56 Å². The summed E-state index contributed by atoms with van der Waals surface area (Å²) in [5.41, 5.74) is 2.65. The minimum Gasteiger partial charge on any atom is -0.407 e. The summed E-state index contributed by atoms with van der Waals surface area (Å²) in [6.07, 6.45) is -1.33. The molecule has 5 atom stereocenters. The number of rotatable bonds is 3. The molecule has 31 heavy (non-hydrogen) atoms. The van der Waals surface area contributed by atoms with E-state index in [-0.39, 0.29) is 11.6 Å². The SMILES string of the molecule is Cc1cn([C@@H]2O[C@@H]3COC4(N)CS(=O)(=O)N[C@@]34[C@H]2O[Si](C)(C)C(C)(C)C)c(=O)[nH]c1=O. The van der Waals surface area contributed by atoms with Crippen LogP contribution in [-0.4, -0.2) is 62.1 Å². The third-order valence-corrected chi connectivity index (χ3v) is 13.0. The molecule has 174 valence electrons. The molecule has 4 rings (SSSR count). The first-order valence-electron chi connectivity index (χ1n) is 10.1. The van der Waals surface area contributed by atoms with E-state index in [1.165, 1.54) is 10.8 Å². The van der Waals surface area contributed by atoms with E-state index in [1.807, 2.05) is 13.1 Å². The fourth-order valence-electron chi connectivity index (χ4n) is 4.36. The minimum absolute atomic E-state index is 0.0456. The number of aromatic nitrogens is 2. The van der Waals surface area contributed by atoms with Crippen LogP contribution in [0.1, 0.15) is 32.6 Å². The maximum absolute atomic E-state index is 12.7. The van der Waals surface area contributed by atoms with Crippen LogP contribution in [0, 0.1) is 6.92 Å². The standard InChI is InChI=1S/C18H30N4O7SSi/c1-10-7-22(15(24)20-13(10)23)14-12(29-31(5,6)16(2,3)4)18-11(28-14)8-27-17(18,19)9-30(25,26)21-18/h7,11-12,14,21H,8-9,19H2,1-6H3,(H,20,23,24)/t11-,12+,14-,17?,18-/m1/s1. The van der Waals surface area contributed by atoms with Gasteiger partial charge in [0.15, 0.2) is 20.3 Å². The van der Waals surface area contributed by atoms with Gasteiger partial charge >= 0.3 is 5.69 Å². The van der Waals surface area contributed by atoms with Gasteiger partial charge in [-0.25, -0.2) is 13.2 Å². The van der Waals surface area contributed by atoms with Crippen LogP contribution < -0.4 is 21.7 Å². The smallest absolute Gasteiger partial charge is 0.330 e. The second kappa shape index (κ2) is 6.59. The zero-order chi connectivity index (χ0) is 23.2. The molecule has 1 spiro atoms. The number of ether oxygens (including phenoxy) is 2. The van der Waals surface area contributed by atoms with Crippen LogP contribution in [0.15, 0.2) is 15.8 Å². The number of nitrogens with one attached hydrogen (secondary N) is 2. The molecule has 3 fully saturated rings. The third kappa shape index (κ3) is 3.21. The van der Waals surface area contributed by atoms with Gasteiger partial charge in [-0.1, -0.05) is 20.8 Å². The minimum atomic E-state index is -3.77. The van der Waals surface area contributed by atoms with Crippen molar-refractivity contribution in [3.8, 4) is 0 Å². The molecule has 0 radical (unpaired) electrons. The van der Waals surface area contributed by atoms with E-state index < -0.39 is 65.0 Å². The average molecular weight is 475 g/mol. The zero-order valence-electron chi connectivity index (χ0n) is 18.5. The van der Waals surface area contributed by atoms with Gasteiger partial charge in [0.05, 0.1) is 6.61 Å². The van der Waals surface area contributed by atoms with Crippen LogP contribution in [0.4, 0.5) is 0 Å². The fraction of sp³-hybridized carbons (Fsp3) is 0.778. The van der Waals surface area contributed by atoms with E-state index in [0.29, 0.717) is 5.56 Å².